The zero-order valence-corrected chi connectivity index (χ0v) is 6.77. The molecular formula is C9H11NO3. The van der Waals surface area contributed by atoms with Crippen molar-refractivity contribution in [2.24, 2.45) is 0 Å². The first-order valence-electron chi connectivity index (χ1n) is 5.12. The Kier molecular flexibility index (Phi) is 2.14. The molecule has 1 heterocycles. The quantitative estimate of drug-likeness (QED) is 0.731. The predicted molar refractivity (Wildman–Crippen MR) is 46.1 cm³/mol. The number of aromatic nitrogens is 1. The number of hydrogen-bond acceptors (Lipinski definition) is 3. The highest BCUT2D eigenvalue weighted by Crippen LogP contribution is 2.16. The summed E-state index contributed by atoms with van der Waals surface area (Å²) in [7, 11) is 0. The first kappa shape index (κ1) is 6.10. The lowest BCUT2D eigenvalue weighted by molar-refractivity contribution is -0.137. The van der Waals surface area contributed by atoms with Crippen LogP contribution in [0.25, 0.3) is 0 Å². The van der Waals surface area contributed by atoms with Crippen LogP contribution in [0.4, 0.5) is 0 Å². The molecule has 1 atom stereocenters. The molecule has 1 aromatic rings. The molecule has 2 N–H and O–H groups in total. The molecule has 0 amide bonds. The summed E-state index contributed by atoms with van der Waals surface area (Å²) in [4.78, 5) is 14.1. The molecule has 1 unspecified atom stereocenters. The second kappa shape index (κ2) is 4.57. The highest BCUT2D eigenvalue weighted by molar-refractivity contribution is 5.66. The Morgan fingerprint density at radius 1 is 1.85 bits per heavy atom. The van der Waals surface area contributed by atoms with Gasteiger partial charge in [0, 0.05) is 21.6 Å². The lowest BCUT2D eigenvalue weighted by Gasteiger charge is -2.07. The molecule has 13 heavy (non-hydrogen) atoms. The van der Waals surface area contributed by atoms with Crippen molar-refractivity contribution in [1.29, 1.82) is 0 Å². The summed E-state index contributed by atoms with van der Waals surface area (Å²) in [5, 5.41) is 18.3. The number of pyridine rings is 1. The van der Waals surface area contributed by atoms with Gasteiger partial charge in [-0.2, -0.15) is 0 Å². The van der Waals surface area contributed by atoms with Gasteiger partial charge < -0.3 is 10.2 Å². The maximum absolute atomic E-state index is 10.4. The highest BCUT2D eigenvalue weighted by Gasteiger charge is 2.08. The summed E-state index contributed by atoms with van der Waals surface area (Å²) in [6.07, 6.45) is -3.65. The molecule has 0 aliphatic heterocycles. The molecule has 0 saturated carbocycles. The fraction of sp³-hybridized carbons (Fsp3) is 0.333. The van der Waals surface area contributed by atoms with E-state index in [9.17, 15) is 9.90 Å². The van der Waals surface area contributed by atoms with Crippen molar-refractivity contribution in [2.75, 3.05) is 0 Å². The molecule has 0 spiro atoms. The van der Waals surface area contributed by atoms with E-state index in [1.54, 1.807) is 0 Å². The van der Waals surface area contributed by atoms with Crippen LogP contribution in [0.2, 0.25) is 0 Å². The zero-order chi connectivity index (χ0) is 12.4. The number of carboxylic acid groups (broad SMARTS) is 1. The van der Waals surface area contributed by atoms with E-state index in [2.05, 4.69) is 4.98 Å². The van der Waals surface area contributed by atoms with Gasteiger partial charge in [0.1, 0.15) is 0 Å². The van der Waals surface area contributed by atoms with Gasteiger partial charge in [0.25, 0.3) is 0 Å². The van der Waals surface area contributed by atoms with E-state index in [1.165, 1.54) is 18.3 Å². The van der Waals surface area contributed by atoms with Crippen molar-refractivity contribution >= 4 is 5.97 Å². The van der Waals surface area contributed by atoms with Crippen LogP contribution in [0.1, 0.15) is 28.5 Å². The molecule has 0 aromatic carbocycles. The Labute approximate surface area is 80.1 Å². The second-order valence-corrected chi connectivity index (χ2v) is 2.34. The van der Waals surface area contributed by atoms with Crippen LogP contribution in [-0.4, -0.2) is 21.2 Å². The number of aliphatic hydroxyl groups is 1. The molecule has 0 radical (unpaired) electrons. The van der Waals surface area contributed by atoms with Gasteiger partial charge in [-0.1, -0.05) is 6.07 Å². The molecule has 0 fully saturated rings. The van der Waals surface area contributed by atoms with Crippen molar-refractivity contribution in [1.82, 2.24) is 4.98 Å². The van der Waals surface area contributed by atoms with Crippen LogP contribution in [-0.2, 0) is 4.79 Å². The molecule has 1 rings (SSSR count). The average molecular weight is 184 g/mol. The van der Waals surface area contributed by atoms with Crippen LogP contribution >= 0.6 is 0 Å². The third-order valence-electron chi connectivity index (χ3n) is 1.34. The van der Waals surface area contributed by atoms with Gasteiger partial charge in [-0.25, -0.2) is 0 Å². The topological polar surface area (TPSA) is 70.4 Å². The number of hydrogen-bond donors (Lipinski definition) is 2. The van der Waals surface area contributed by atoms with E-state index in [0.29, 0.717) is 0 Å². The van der Waals surface area contributed by atoms with Crippen molar-refractivity contribution in [3.63, 3.8) is 0 Å². The van der Waals surface area contributed by atoms with E-state index in [1.807, 2.05) is 0 Å². The molecular weight excluding hydrogens is 170 g/mol. The summed E-state index contributed by atoms with van der Waals surface area (Å²) in [5.41, 5.74) is -0.0822. The van der Waals surface area contributed by atoms with Gasteiger partial charge in [0.15, 0.2) is 0 Å². The minimum absolute atomic E-state index is 0.0822. The number of nitrogens with zero attached hydrogens (tertiary/aromatic N) is 1. The third-order valence-corrected chi connectivity index (χ3v) is 1.34. The molecule has 0 bridgehead atoms. The lowest BCUT2D eigenvalue weighted by Crippen LogP contribution is -2.02. The Morgan fingerprint density at radius 3 is 3.15 bits per heavy atom. The lowest BCUT2D eigenvalue weighted by atomic mass is 10.1. The zero-order valence-electron chi connectivity index (χ0n) is 9.77. The van der Waals surface area contributed by atoms with Crippen molar-refractivity contribution in [2.45, 2.75) is 18.9 Å². The van der Waals surface area contributed by atoms with Gasteiger partial charge in [-0.3, -0.25) is 9.78 Å². The van der Waals surface area contributed by atoms with E-state index < -0.39 is 24.8 Å². The monoisotopic (exact) mass is 184 g/mol. The van der Waals surface area contributed by atoms with Gasteiger partial charge in [-0.15, -0.1) is 0 Å². The summed E-state index contributed by atoms with van der Waals surface area (Å²) < 4.78 is 22.4. The number of aliphatic carboxylic acids is 1. The highest BCUT2D eigenvalue weighted by atomic mass is 16.4. The SMILES string of the molecule is [2H]C([2H])(CC(=O)O)C([2H])(O)c1cccnc1. The largest absolute Gasteiger partial charge is 0.481 e. The van der Waals surface area contributed by atoms with Crippen LogP contribution in [0.15, 0.2) is 24.5 Å². The fourth-order valence-corrected chi connectivity index (χ4v) is 0.764. The number of carboxylic acids is 1. The van der Waals surface area contributed by atoms with Gasteiger partial charge >= 0.3 is 5.97 Å². The molecule has 4 nitrogen and oxygen atoms in total. The molecule has 1 aromatic heterocycles. The van der Waals surface area contributed by atoms with Gasteiger partial charge in [0.05, 0.1) is 7.45 Å². The summed E-state index contributed by atoms with van der Waals surface area (Å²) in [6.45, 7) is 0. The van der Waals surface area contributed by atoms with Crippen LogP contribution in [0.3, 0.4) is 0 Å². The number of rotatable bonds is 4. The molecule has 0 aliphatic carbocycles. The van der Waals surface area contributed by atoms with E-state index in [0.717, 1.165) is 6.20 Å². The van der Waals surface area contributed by atoms with Crippen LogP contribution in [0.5, 0.6) is 0 Å². The Balaban J connectivity index is 3.05. The Bertz CT molecular complexity index is 381. The molecule has 4 heteroatoms. The molecule has 70 valence electrons. The van der Waals surface area contributed by atoms with Gasteiger partial charge in [-0.05, 0) is 18.0 Å². The van der Waals surface area contributed by atoms with Crippen molar-refractivity contribution < 1.29 is 19.1 Å². The minimum Gasteiger partial charge on any atom is -0.481 e. The second-order valence-electron chi connectivity index (χ2n) is 2.34. The Hall–Kier alpha value is -1.42. The summed E-state index contributed by atoms with van der Waals surface area (Å²) in [5.74, 6) is -1.42. The predicted octanol–water partition coefficient (Wildman–Crippen LogP) is 0.980. The van der Waals surface area contributed by atoms with Crippen molar-refractivity contribution in [3.05, 3.63) is 30.1 Å². The maximum atomic E-state index is 10.4. The summed E-state index contributed by atoms with van der Waals surface area (Å²) >= 11 is 0. The smallest absolute Gasteiger partial charge is 0.303 e. The van der Waals surface area contributed by atoms with E-state index in [-0.39, 0.29) is 5.56 Å². The maximum Gasteiger partial charge on any atom is 0.303 e. The summed E-state index contributed by atoms with van der Waals surface area (Å²) in [6, 6.07) is 2.76. The fourth-order valence-electron chi connectivity index (χ4n) is 0.764. The van der Waals surface area contributed by atoms with Crippen LogP contribution in [0, 0.1) is 0 Å². The van der Waals surface area contributed by atoms with Crippen molar-refractivity contribution in [3.8, 4) is 0 Å². The third kappa shape index (κ3) is 3.21. The first-order valence-corrected chi connectivity index (χ1v) is 3.62. The first-order chi connectivity index (χ1) is 7.27. The Morgan fingerprint density at radius 2 is 2.62 bits per heavy atom. The average Bonchev–Trinajstić information content (AvgIpc) is 2.17. The van der Waals surface area contributed by atoms with E-state index >= 15 is 0 Å². The van der Waals surface area contributed by atoms with Crippen LogP contribution < -0.4 is 0 Å². The normalized spacial score (nSPS) is 19.3. The molecule has 0 saturated heterocycles. The molecule has 0 aliphatic rings. The van der Waals surface area contributed by atoms with E-state index in [4.69, 9.17) is 9.22 Å². The standard InChI is InChI=1S/C9H11NO3/c11-8(3-4-9(12)13)7-2-1-5-10-6-7/h1-2,5-6,8,11H,3-4H2,(H,12,13)/i3D2,8D. The van der Waals surface area contributed by atoms with Gasteiger partial charge in [0.2, 0.25) is 0 Å². The number of carbonyl (C=O) groups is 1. The minimum atomic E-state index is -2.64.